The monoisotopic (exact) mass is 245 g/mol. The van der Waals surface area contributed by atoms with Gasteiger partial charge >= 0.3 is 0 Å². The molecular formula is C14H15NO3. The third kappa shape index (κ3) is 2.18. The van der Waals surface area contributed by atoms with E-state index in [9.17, 15) is 14.4 Å². The average molecular weight is 245 g/mol. The molecule has 0 aliphatic carbocycles. The lowest BCUT2D eigenvalue weighted by Crippen LogP contribution is -2.35. The minimum Gasteiger partial charge on any atom is -0.298 e. The van der Waals surface area contributed by atoms with Crippen LogP contribution in [0.25, 0.3) is 0 Å². The fourth-order valence-corrected chi connectivity index (χ4v) is 2.10. The molecule has 1 aliphatic heterocycles. The van der Waals surface area contributed by atoms with Gasteiger partial charge in [-0.2, -0.15) is 0 Å². The van der Waals surface area contributed by atoms with E-state index >= 15 is 0 Å². The number of anilines is 1. The quantitative estimate of drug-likeness (QED) is 0.760. The van der Waals surface area contributed by atoms with Crippen molar-refractivity contribution in [3.05, 3.63) is 29.8 Å². The van der Waals surface area contributed by atoms with E-state index < -0.39 is 11.7 Å². The number of nitrogens with zero attached hydrogens (tertiary/aromatic N) is 1. The van der Waals surface area contributed by atoms with E-state index in [1.807, 2.05) is 13.8 Å². The second kappa shape index (κ2) is 4.72. The summed E-state index contributed by atoms with van der Waals surface area (Å²) in [6.07, 6.45) is 0.417. The minimum absolute atomic E-state index is 0.0141. The predicted molar refractivity (Wildman–Crippen MR) is 67.6 cm³/mol. The van der Waals surface area contributed by atoms with E-state index in [2.05, 4.69) is 0 Å². The van der Waals surface area contributed by atoms with Crippen LogP contribution in [0.5, 0.6) is 0 Å². The predicted octanol–water partition coefficient (Wildman–Crippen LogP) is 1.83. The minimum atomic E-state index is -0.603. The maximum atomic E-state index is 11.8. The van der Waals surface area contributed by atoms with Gasteiger partial charge < -0.3 is 0 Å². The summed E-state index contributed by atoms with van der Waals surface area (Å²) in [5, 5.41) is 0. The van der Waals surface area contributed by atoms with Gasteiger partial charge in [0.05, 0.1) is 17.8 Å². The molecule has 1 aliphatic rings. The van der Waals surface area contributed by atoms with Gasteiger partial charge in [-0.1, -0.05) is 26.0 Å². The van der Waals surface area contributed by atoms with Gasteiger partial charge in [0.2, 0.25) is 0 Å². The molecular weight excluding hydrogens is 230 g/mol. The molecule has 0 saturated heterocycles. The van der Waals surface area contributed by atoms with Crippen molar-refractivity contribution in [2.75, 3.05) is 11.4 Å². The topological polar surface area (TPSA) is 54.5 Å². The summed E-state index contributed by atoms with van der Waals surface area (Å²) < 4.78 is 0. The van der Waals surface area contributed by atoms with Gasteiger partial charge in [-0.25, -0.2) is 0 Å². The van der Waals surface area contributed by atoms with Crippen molar-refractivity contribution in [2.45, 2.75) is 20.3 Å². The van der Waals surface area contributed by atoms with Gasteiger partial charge in [0.25, 0.3) is 11.7 Å². The molecule has 0 unspecified atom stereocenters. The van der Waals surface area contributed by atoms with Crippen molar-refractivity contribution < 1.29 is 14.4 Å². The van der Waals surface area contributed by atoms with Crippen LogP contribution in [0.3, 0.4) is 0 Å². The molecule has 1 aromatic carbocycles. The Bertz CT molecular complexity index is 520. The zero-order chi connectivity index (χ0) is 13.3. The molecule has 0 aromatic heterocycles. The summed E-state index contributed by atoms with van der Waals surface area (Å²) in [6, 6.07) is 6.78. The van der Waals surface area contributed by atoms with Gasteiger partial charge in [-0.05, 0) is 18.1 Å². The summed E-state index contributed by atoms with van der Waals surface area (Å²) >= 11 is 0. The summed E-state index contributed by atoms with van der Waals surface area (Å²) in [7, 11) is 0. The molecule has 2 rings (SSSR count). The van der Waals surface area contributed by atoms with E-state index in [-0.39, 0.29) is 18.2 Å². The molecule has 18 heavy (non-hydrogen) atoms. The molecule has 0 saturated carbocycles. The number of ketones is 2. The molecule has 94 valence electrons. The average Bonchev–Trinajstić information content (AvgIpc) is 2.54. The largest absolute Gasteiger partial charge is 0.299 e. The number of fused-ring (bicyclic) bond motifs is 1. The van der Waals surface area contributed by atoms with Crippen LogP contribution in [0.4, 0.5) is 5.69 Å². The highest BCUT2D eigenvalue weighted by atomic mass is 16.2. The van der Waals surface area contributed by atoms with Gasteiger partial charge in [-0.3, -0.25) is 19.3 Å². The van der Waals surface area contributed by atoms with Crippen LogP contribution in [0.1, 0.15) is 30.6 Å². The van der Waals surface area contributed by atoms with E-state index in [0.717, 1.165) is 0 Å². The van der Waals surface area contributed by atoms with Crippen molar-refractivity contribution in [1.82, 2.24) is 0 Å². The molecule has 1 aromatic rings. The molecule has 0 fully saturated rings. The second-order valence-corrected chi connectivity index (χ2v) is 4.87. The smallest absolute Gasteiger partial charge is 0.298 e. The SMILES string of the molecule is CC(C)CC(=O)CN1C(=O)C(=O)c2ccccc21. The molecule has 0 atom stereocenters. The molecule has 4 nitrogen and oxygen atoms in total. The Balaban J connectivity index is 2.22. The standard InChI is InChI=1S/C14H15NO3/c1-9(2)7-10(16)8-15-12-6-4-3-5-11(12)13(17)14(15)18/h3-6,9H,7-8H2,1-2H3. The normalized spacial score (nSPS) is 14.3. The number of Topliss-reactive ketones (excluding diaryl/α,β-unsaturated/α-hetero) is 2. The Hall–Kier alpha value is -1.97. The number of hydrogen-bond donors (Lipinski definition) is 0. The first-order chi connectivity index (χ1) is 8.50. The Kier molecular flexibility index (Phi) is 3.28. The number of benzene rings is 1. The van der Waals surface area contributed by atoms with Crippen molar-refractivity contribution >= 4 is 23.2 Å². The fraction of sp³-hybridized carbons (Fsp3) is 0.357. The number of amides is 1. The lowest BCUT2D eigenvalue weighted by molar-refractivity contribution is -0.121. The van der Waals surface area contributed by atoms with Gasteiger partial charge in [0, 0.05) is 6.42 Å². The first-order valence-electron chi connectivity index (χ1n) is 5.97. The van der Waals surface area contributed by atoms with E-state index in [0.29, 0.717) is 17.7 Å². The maximum Gasteiger partial charge on any atom is 0.299 e. The molecule has 1 amide bonds. The van der Waals surface area contributed by atoms with Crippen molar-refractivity contribution in [3.63, 3.8) is 0 Å². The summed E-state index contributed by atoms with van der Waals surface area (Å²) in [5.74, 6) is -0.903. The van der Waals surface area contributed by atoms with Crippen LogP contribution in [-0.2, 0) is 9.59 Å². The van der Waals surface area contributed by atoms with E-state index in [1.165, 1.54) is 4.90 Å². The number of carbonyl (C=O) groups is 3. The van der Waals surface area contributed by atoms with Crippen molar-refractivity contribution in [1.29, 1.82) is 0 Å². The Morgan fingerprint density at radius 2 is 1.89 bits per heavy atom. The lowest BCUT2D eigenvalue weighted by atomic mass is 10.1. The highest BCUT2D eigenvalue weighted by Crippen LogP contribution is 2.28. The van der Waals surface area contributed by atoms with Crippen LogP contribution >= 0.6 is 0 Å². The summed E-state index contributed by atoms with van der Waals surface area (Å²) in [5.41, 5.74) is 0.935. The van der Waals surface area contributed by atoms with Crippen molar-refractivity contribution in [2.24, 2.45) is 5.92 Å². The first-order valence-corrected chi connectivity index (χ1v) is 5.97. The number of para-hydroxylation sites is 1. The van der Waals surface area contributed by atoms with Crippen LogP contribution in [0.2, 0.25) is 0 Å². The number of hydrogen-bond acceptors (Lipinski definition) is 3. The second-order valence-electron chi connectivity index (χ2n) is 4.87. The highest BCUT2D eigenvalue weighted by Gasteiger charge is 2.36. The van der Waals surface area contributed by atoms with Crippen LogP contribution in [0.15, 0.2) is 24.3 Å². The summed E-state index contributed by atoms with van der Waals surface area (Å²) in [6.45, 7) is 3.88. The van der Waals surface area contributed by atoms with Gasteiger partial charge in [0.15, 0.2) is 5.78 Å². The van der Waals surface area contributed by atoms with Gasteiger partial charge in [0.1, 0.15) is 0 Å². The first kappa shape index (κ1) is 12.5. The molecule has 1 heterocycles. The molecule has 0 radical (unpaired) electrons. The Morgan fingerprint density at radius 1 is 1.22 bits per heavy atom. The Labute approximate surface area is 106 Å². The molecule has 0 spiro atoms. The van der Waals surface area contributed by atoms with E-state index in [1.54, 1.807) is 24.3 Å². The summed E-state index contributed by atoms with van der Waals surface area (Å²) in [4.78, 5) is 36.6. The highest BCUT2D eigenvalue weighted by molar-refractivity contribution is 6.52. The van der Waals surface area contributed by atoms with Crippen LogP contribution in [-0.4, -0.2) is 24.0 Å². The number of rotatable bonds is 4. The van der Waals surface area contributed by atoms with Crippen LogP contribution in [0, 0.1) is 5.92 Å². The van der Waals surface area contributed by atoms with Gasteiger partial charge in [-0.15, -0.1) is 0 Å². The lowest BCUT2D eigenvalue weighted by Gasteiger charge is -2.16. The number of carbonyl (C=O) groups excluding carboxylic acids is 3. The molecule has 0 bridgehead atoms. The maximum absolute atomic E-state index is 11.8. The zero-order valence-corrected chi connectivity index (χ0v) is 10.5. The third-order valence-corrected chi connectivity index (χ3v) is 2.85. The molecule has 0 N–H and O–H groups in total. The Morgan fingerprint density at radius 3 is 2.56 bits per heavy atom. The zero-order valence-electron chi connectivity index (χ0n) is 10.5. The van der Waals surface area contributed by atoms with E-state index in [4.69, 9.17) is 0 Å². The van der Waals surface area contributed by atoms with Crippen molar-refractivity contribution in [3.8, 4) is 0 Å². The third-order valence-electron chi connectivity index (χ3n) is 2.85. The fourth-order valence-electron chi connectivity index (χ4n) is 2.10. The van der Waals surface area contributed by atoms with Crippen LogP contribution < -0.4 is 4.90 Å². The molecule has 4 heteroatoms.